The van der Waals surface area contributed by atoms with Crippen molar-refractivity contribution in [2.75, 3.05) is 16.9 Å². The summed E-state index contributed by atoms with van der Waals surface area (Å²) in [5.41, 5.74) is 2.15. The lowest BCUT2D eigenvalue weighted by Gasteiger charge is -2.29. The van der Waals surface area contributed by atoms with E-state index < -0.39 is 11.5 Å². The van der Waals surface area contributed by atoms with Crippen LogP contribution in [0.2, 0.25) is 0 Å². The third kappa shape index (κ3) is 3.02. The molecule has 0 spiro atoms. The molecule has 2 aromatic rings. The molecule has 0 radical (unpaired) electrons. The number of rotatable bonds is 3. The van der Waals surface area contributed by atoms with Crippen molar-refractivity contribution in [1.82, 2.24) is 0 Å². The predicted octanol–water partition coefficient (Wildman–Crippen LogP) is 3.57. The number of esters is 1. The molecule has 0 aliphatic carbocycles. The molecule has 28 heavy (non-hydrogen) atoms. The monoisotopic (exact) mass is 393 g/mol. The summed E-state index contributed by atoms with van der Waals surface area (Å²) in [6.45, 7) is 5.42. The van der Waals surface area contributed by atoms with Crippen molar-refractivity contribution < 1.29 is 14.3 Å². The zero-order valence-electron chi connectivity index (χ0n) is 16.0. The van der Waals surface area contributed by atoms with Gasteiger partial charge in [-0.05, 0) is 81.0 Å². The number of nitrogens with zero attached hydrogens (tertiary/aromatic N) is 3. The maximum atomic E-state index is 13.2. The van der Waals surface area contributed by atoms with Gasteiger partial charge in [0.25, 0.3) is 5.91 Å². The highest BCUT2D eigenvalue weighted by Gasteiger charge is 2.50. The fourth-order valence-electron chi connectivity index (χ4n) is 3.23. The van der Waals surface area contributed by atoms with E-state index in [0.29, 0.717) is 27.6 Å². The van der Waals surface area contributed by atoms with Gasteiger partial charge in [-0.2, -0.15) is 5.26 Å². The van der Waals surface area contributed by atoms with Crippen molar-refractivity contribution in [1.29, 1.82) is 5.26 Å². The molecule has 0 unspecified atom stereocenters. The van der Waals surface area contributed by atoms with E-state index in [9.17, 15) is 9.59 Å². The highest BCUT2D eigenvalue weighted by Crippen LogP contribution is 2.36. The SMILES string of the molecule is COC(=O)c1ccc(N2C(=S)N(c3ccc(C#N)c(C)c3)C(=O)C2(C)C)cc1. The van der Waals surface area contributed by atoms with Gasteiger partial charge in [0.2, 0.25) is 0 Å². The number of amides is 1. The molecule has 0 saturated carbocycles. The molecule has 0 aromatic heterocycles. The Balaban J connectivity index is 2.01. The molecule has 1 heterocycles. The van der Waals surface area contributed by atoms with Crippen molar-refractivity contribution in [2.24, 2.45) is 0 Å². The Morgan fingerprint density at radius 2 is 1.75 bits per heavy atom. The van der Waals surface area contributed by atoms with E-state index in [1.165, 1.54) is 12.0 Å². The summed E-state index contributed by atoms with van der Waals surface area (Å²) in [7, 11) is 1.32. The number of hydrogen-bond acceptors (Lipinski definition) is 5. The summed E-state index contributed by atoms with van der Waals surface area (Å²) in [6, 6.07) is 14.1. The van der Waals surface area contributed by atoms with Gasteiger partial charge >= 0.3 is 5.97 Å². The van der Waals surface area contributed by atoms with Gasteiger partial charge in [0, 0.05) is 5.69 Å². The number of hydrogen-bond donors (Lipinski definition) is 0. The summed E-state index contributed by atoms with van der Waals surface area (Å²) in [6.07, 6.45) is 0. The number of methoxy groups -OCH3 is 1. The standard InChI is InChI=1S/C21H19N3O3S/c1-13-11-17(10-7-15(13)12-22)23-19(26)21(2,3)24(20(23)28)16-8-5-14(6-9-16)18(25)27-4/h5-11H,1-4H3. The minimum absolute atomic E-state index is 0.168. The van der Waals surface area contributed by atoms with Crippen LogP contribution in [0, 0.1) is 18.3 Å². The zero-order valence-corrected chi connectivity index (χ0v) is 16.8. The van der Waals surface area contributed by atoms with E-state index in [-0.39, 0.29) is 5.91 Å². The number of anilines is 2. The van der Waals surface area contributed by atoms with E-state index >= 15 is 0 Å². The first-order valence-electron chi connectivity index (χ1n) is 8.60. The van der Waals surface area contributed by atoms with Crippen molar-refractivity contribution in [3.8, 4) is 6.07 Å². The number of benzene rings is 2. The average Bonchev–Trinajstić information content (AvgIpc) is 2.85. The second-order valence-corrected chi connectivity index (χ2v) is 7.33. The minimum Gasteiger partial charge on any atom is -0.465 e. The van der Waals surface area contributed by atoms with Gasteiger partial charge < -0.3 is 9.64 Å². The zero-order chi connectivity index (χ0) is 20.6. The van der Waals surface area contributed by atoms with Crippen LogP contribution in [0.15, 0.2) is 42.5 Å². The number of ether oxygens (including phenoxy) is 1. The first-order chi connectivity index (χ1) is 13.2. The first-order valence-corrected chi connectivity index (χ1v) is 9.01. The molecular weight excluding hydrogens is 374 g/mol. The number of nitriles is 1. The number of aryl methyl sites for hydroxylation is 1. The van der Waals surface area contributed by atoms with Gasteiger partial charge in [0.15, 0.2) is 5.11 Å². The second kappa shape index (κ2) is 7.06. The van der Waals surface area contributed by atoms with Gasteiger partial charge in [-0.3, -0.25) is 9.69 Å². The fraction of sp³-hybridized carbons (Fsp3) is 0.238. The topological polar surface area (TPSA) is 73.6 Å². The van der Waals surface area contributed by atoms with Crippen molar-refractivity contribution in [3.63, 3.8) is 0 Å². The first kappa shape index (κ1) is 19.5. The smallest absolute Gasteiger partial charge is 0.337 e. The van der Waals surface area contributed by atoms with Crippen LogP contribution in [0.3, 0.4) is 0 Å². The molecule has 6 nitrogen and oxygen atoms in total. The third-order valence-corrected chi connectivity index (χ3v) is 5.17. The Labute approximate surface area is 168 Å². The molecule has 3 rings (SSSR count). The van der Waals surface area contributed by atoms with Crippen LogP contribution in [0.4, 0.5) is 11.4 Å². The van der Waals surface area contributed by atoms with Crippen LogP contribution in [-0.2, 0) is 9.53 Å². The minimum atomic E-state index is -0.911. The normalized spacial score (nSPS) is 15.5. The summed E-state index contributed by atoms with van der Waals surface area (Å²) in [5, 5.41) is 9.47. The number of carbonyl (C=O) groups excluding carboxylic acids is 2. The molecule has 142 valence electrons. The Morgan fingerprint density at radius 1 is 1.14 bits per heavy atom. The van der Waals surface area contributed by atoms with Crippen LogP contribution in [0.1, 0.15) is 35.3 Å². The van der Waals surface area contributed by atoms with E-state index in [4.69, 9.17) is 22.2 Å². The summed E-state index contributed by atoms with van der Waals surface area (Å²) in [5.74, 6) is -0.598. The van der Waals surface area contributed by atoms with Crippen LogP contribution < -0.4 is 9.80 Å². The average molecular weight is 393 g/mol. The van der Waals surface area contributed by atoms with E-state index in [1.54, 1.807) is 61.2 Å². The third-order valence-electron chi connectivity index (χ3n) is 4.80. The lowest BCUT2D eigenvalue weighted by Crippen LogP contribution is -2.44. The second-order valence-electron chi connectivity index (χ2n) is 6.97. The largest absolute Gasteiger partial charge is 0.465 e. The molecule has 7 heteroatoms. The summed E-state index contributed by atoms with van der Waals surface area (Å²) >= 11 is 5.64. The van der Waals surface area contributed by atoms with E-state index in [1.807, 2.05) is 6.92 Å². The quantitative estimate of drug-likeness (QED) is 0.586. The molecular formula is C21H19N3O3S. The molecule has 0 atom stereocenters. The molecule has 1 aliphatic rings. The lowest BCUT2D eigenvalue weighted by atomic mass is 10.0. The molecule has 1 amide bonds. The Morgan fingerprint density at radius 3 is 2.29 bits per heavy atom. The van der Waals surface area contributed by atoms with Crippen molar-refractivity contribution in [2.45, 2.75) is 26.3 Å². The fourth-order valence-corrected chi connectivity index (χ4v) is 3.75. The molecule has 1 aliphatic heterocycles. The highest BCUT2D eigenvalue weighted by atomic mass is 32.1. The Kier molecular flexibility index (Phi) is 4.92. The lowest BCUT2D eigenvalue weighted by molar-refractivity contribution is -0.120. The predicted molar refractivity (Wildman–Crippen MR) is 110 cm³/mol. The molecule has 1 fully saturated rings. The maximum absolute atomic E-state index is 13.2. The van der Waals surface area contributed by atoms with Crippen molar-refractivity contribution >= 4 is 40.6 Å². The van der Waals surface area contributed by atoms with Crippen LogP contribution in [0.5, 0.6) is 0 Å². The maximum Gasteiger partial charge on any atom is 0.337 e. The van der Waals surface area contributed by atoms with Crippen LogP contribution in [0.25, 0.3) is 0 Å². The molecule has 2 aromatic carbocycles. The Hall–Kier alpha value is -3.24. The van der Waals surface area contributed by atoms with Crippen LogP contribution in [-0.4, -0.2) is 29.6 Å². The molecule has 1 saturated heterocycles. The van der Waals surface area contributed by atoms with E-state index in [0.717, 1.165) is 5.56 Å². The number of carbonyl (C=O) groups is 2. The van der Waals surface area contributed by atoms with Gasteiger partial charge in [-0.1, -0.05) is 0 Å². The van der Waals surface area contributed by atoms with Crippen LogP contribution >= 0.6 is 12.2 Å². The Bertz CT molecular complexity index is 1020. The van der Waals surface area contributed by atoms with Gasteiger partial charge in [-0.25, -0.2) is 4.79 Å². The van der Waals surface area contributed by atoms with E-state index in [2.05, 4.69) is 6.07 Å². The molecule has 0 bridgehead atoms. The summed E-state index contributed by atoms with van der Waals surface area (Å²) < 4.78 is 4.72. The van der Waals surface area contributed by atoms with Crippen molar-refractivity contribution in [3.05, 3.63) is 59.2 Å². The van der Waals surface area contributed by atoms with Gasteiger partial charge in [0.05, 0.1) is 30.0 Å². The highest BCUT2D eigenvalue weighted by molar-refractivity contribution is 7.81. The summed E-state index contributed by atoms with van der Waals surface area (Å²) in [4.78, 5) is 28.1. The molecule has 0 N–H and O–H groups in total. The van der Waals surface area contributed by atoms with Gasteiger partial charge in [-0.15, -0.1) is 0 Å². The number of thiocarbonyl (C=S) groups is 1. The van der Waals surface area contributed by atoms with Gasteiger partial charge in [0.1, 0.15) is 5.54 Å².